The molecule has 5 nitrogen and oxygen atoms in total. The number of piperazine rings is 1. The normalized spacial score (nSPS) is 18.3. The van der Waals surface area contributed by atoms with E-state index in [0.29, 0.717) is 18.2 Å². The van der Waals surface area contributed by atoms with E-state index >= 15 is 0 Å². The predicted octanol–water partition coefficient (Wildman–Crippen LogP) is 3.90. The summed E-state index contributed by atoms with van der Waals surface area (Å²) in [6.45, 7) is 3.04. The SMILES string of the molecule is O=C(CC1CCCCC1)N1CCN(c2ccc(-c3ccc(F)cc3)nn2)CC1. The molecule has 2 fully saturated rings. The van der Waals surface area contributed by atoms with Crippen LogP contribution in [0.3, 0.4) is 0 Å². The number of hydrogen-bond acceptors (Lipinski definition) is 4. The first kappa shape index (κ1) is 18.8. The summed E-state index contributed by atoms with van der Waals surface area (Å²) in [5.74, 6) is 1.46. The van der Waals surface area contributed by atoms with E-state index in [-0.39, 0.29) is 5.82 Å². The molecule has 1 amide bonds. The van der Waals surface area contributed by atoms with Crippen LogP contribution in [0.25, 0.3) is 11.3 Å². The van der Waals surface area contributed by atoms with Crippen LogP contribution in [0.2, 0.25) is 0 Å². The molecular weight excluding hydrogens is 355 g/mol. The Balaban J connectivity index is 1.30. The summed E-state index contributed by atoms with van der Waals surface area (Å²) in [6, 6.07) is 10.1. The first-order chi connectivity index (χ1) is 13.7. The Morgan fingerprint density at radius 3 is 2.29 bits per heavy atom. The largest absolute Gasteiger partial charge is 0.352 e. The molecule has 0 radical (unpaired) electrons. The lowest BCUT2D eigenvalue weighted by Crippen LogP contribution is -2.49. The molecular formula is C22H27FN4O. The maximum absolute atomic E-state index is 13.1. The zero-order chi connectivity index (χ0) is 19.3. The van der Waals surface area contributed by atoms with Gasteiger partial charge >= 0.3 is 0 Å². The van der Waals surface area contributed by atoms with Crippen LogP contribution in [-0.4, -0.2) is 47.2 Å². The summed E-state index contributed by atoms with van der Waals surface area (Å²) in [6.07, 6.45) is 7.01. The second-order valence-electron chi connectivity index (χ2n) is 7.86. The summed E-state index contributed by atoms with van der Waals surface area (Å²) in [7, 11) is 0. The lowest BCUT2D eigenvalue weighted by molar-refractivity contribution is -0.132. The number of carbonyl (C=O) groups excluding carboxylic acids is 1. The Bertz CT molecular complexity index is 779. The van der Waals surface area contributed by atoms with Crippen molar-refractivity contribution < 1.29 is 9.18 Å². The number of halogens is 1. The molecule has 2 heterocycles. The van der Waals surface area contributed by atoms with Gasteiger partial charge in [-0.1, -0.05) is 19.3 Å². The fourth-order valence-electron chi connectivity index (χ4n) is 4.22. The van der Waals surface area contributed by atoms with Crippen LogP contribution in [-0.2, 0) is 4.79 Å². The molecule has 1 aromatic heterocycles. The zero-order valence-corrected chi connectivity index (χ0v) is 16.2. The van der Waals surface area contributed by atoms with Crippen LogP contribution in [0.1, 0.15) is 38.5 Å². The van der Waals surface area contributed by atoms with Gasteiger partial charge < -0.3 is 9.80 Å². The van der Waals surface area contributed by atoms with Gasteiger partial charge in [-0.3, -0.25) is 4.79 Å². The second-order valence-corrected chi connectivity index (χ2v) is 7.86. The summed E-state index contributed by atoms with van der Waals surface area (Å²) in [5.41, 5.74) is 1.57. The maximum Gasteiger partial charge on any atom is 0.222 e. The average Bonchev–Trinajstić information content (AvgIpc) is 2.75. The summed E-state index contributed by atoms with van der Waals surface area (Å²) in [5, 5.41) is 8.63. The van der Waals surface area contributed by atoms with Crippen molar-refractivity contribution in [2.24, 2.45) is 5.92 Å². The molecule has 148 valence electrons. The third kappa shape index (κ3) is 4.49. The molecule has 4 rings (SSSR count). The maximum atomic E-state index is 13.1. The highest BCUT2D eigenvalue weighted by molar-refractivity contribution is 5.76. The molecule has 2 aliphatic rings. The van der Waals surface area contributed by atoms with E-state index in [1.165, 1.54) is 44.2 Å². The molecule has 0 atom stereocenters. The molecule has 2 aromatic rings. The molecule has 0 N–H and O–H groups in total. The first-order valence-corrected chi connectivity index (χ1v) is 10.3. The summed E-state index contributed by atoms with van der Waals surface area (Å²) >= 11 is 0. The number of anilines is 1. The van der Waals surface area contributed by atoms with Crippen LogP contribution in [0, 0.1) is 11.7 Å². The number of rotatable bonds is 4. The van der Waals surface area contributed by atoms with Gasteiger partial charge in [-0.05, 0) is 55.2 Å². The molecule has 0 bridgehead atoms. The first-order valence-electron chi connectivity index (χ1n) is 10.3. The van der Waals surface area contributed by atoms with Crippen molar-refractivity contribution in [2.75, 3.05) is 31.1 Å². The minimum atomic E-state index is -0.260. The van der Waals surface area contributed by atoms with Gasteiger partial charge in [0.2, 0.25) is 5.91 Å². The van der Waals surface area contributed by atoms with Gasteiger partial charge in [0.05, 0.1) is 5.69 Å². The van der Waals surface area contributed by atoms with Gasteiger partial charge in [0.25, 0.3) is 0 Å². The highest BCUT2D eigenvalue weighted by Gasteiger charge is 2.25. The molecule has 6 heteroatoms. The molecule has 1 saturated heterocycles. The molecule has 1 aliphatic heterocycles. The number of amides is 1. The Labute approximate surface area is 165 Å². The number of benzene rings is 1. The van der Waals surface area contributed by atoms with E-state index in [9.17, 15) is 9.18 Å². The number of carbonyl (C=O) groups is 1. The molecule has 1 aromatic carbocycles. The number of nitrogens with zero attached hydrogens (tertiary/aromatic N) is 4. The van der Waals surface area contributed by atoms with Gasteiger partial charge in [-0.2, -0.15) is 0 Å². The second kappa shape index (κ2) is 8.67. The van der Waals surface area contributed by atoms with Crippen LogP contribution < -0.4 is 4.90 Å². The van der Waals surface area contributed by atoms with Crippen molar-refractivity contribution >= 4 is 11.7 Å². The standard InChI is InChI=1S/C22H27FN4O/c23-19-8-6-18(7-9-19)20-10-11-21(25-24-20)26-12-14-27(15-13-26)22(28)16-17-4-2-1-3-5-17/h6-11,17H,1-5,12-16H2. The van der Waals surface area contributed by atoms with Gasteiger partial charge in [-0.15, -0.1) is 10.2 Å². The van der Waals surface area contributed by atoms with Crippen molar-refractivity contribution in [3.8, 4) is 11.3 Å². The van der Waals surface area contributed by atoms with E-state index in [0.717, 1.165) is 43.3 Å². The van der Waals surface area contributed by atoms with E-state index < -0.39 is 0 Å². The predicted molar refractivity (Wildman–Crippen MR) is 107 cm³/mol. The Kier molecular flexibility index (Phi) is 5.84. The van der Waals surface area contributed by atoms with Gasteiger partial charge in [0, 0.05) is 38.2 Å². The molecule has 1 aliphatic carbocycles. The number of hydrogen-bond donors (Lipinski definition) is 0. The van der Waals surface area contributed by atoms with Gasteiger partial charge in [0.1, 0.15) is 5.82 Å². The highest BCUT2D eigenvalue weighted by atomic mass is 19.1. The van der Waals surface area contributed by atoms with Crippen molar-refractivity contribution in [1.29, 1.82) is 0 Å². The molecule has 0 spiro atoms. The smallest absolute Gasteiger partial charge is 0.222 e. The van der Waals surface area contributed by atoms with E-state index in [1.807, 2.05) is 17.0 Å². The third-order valence-electron chi connectivity index (χ3n) is 5.93. The molecule has 0 unspecified atom stereocenters. The fourth-order valence-corrected chi connectivity index (χ4v) is 4.22. The summed E-state index contributed by atoms with van der Waals surface area (Å²) in [4.78, 5) is 16.8. The van der Waals surface area contributed by atoms with E-state index in [4.69, 9.17) is 0 Å². The zero-order valence-electron chi connectivity index (χ0n) is 16.2. The van der Waals surface area contributed by atoms with Crippen LogP contribution in [0.4, 0.5) is 10.2 Å². The highest BCUT2D eigenvalue weighted by Crippen LogP contribution is 2.27. The topological polar surface area (TPSA) is 49.3 Å². The van der Waals surface area contributed by atoms with Crippen molar-refractivity contribution in [2.45, 2.75) is 38.5 Å². The lowest BCUT2D eigenvalue weighted by Gasteiger charge is -2.36. The molecule has 1 saturated carbocycles. The van der Waals surface area contributed by atoms with Crippen LogP contribution >= 0.6 is 0 Å². The Morgan fingerprint density at radius 2 is 1.64 bits per heavy atom. The van der Waals surface area contributed by atoms with Gasteiger partial charge in [0.15, 0.2) is 5.82 Å². The quantitative estimate of drug-likeness (QED) is 0.805. The van der Waals surface area contributed by atoms with E-state index in [1.54, 1.807) is 12.1 Å². The Morgan fingerprint density at radius 1 is 0.929 bits per heavy atom. The van der Waals surface area contributed by atoms with Crippen LogP contribution in [0.5, 0.6) is 0 Å². The van der Waals surface area contributed by atoms with Gasteiger partial charge in [-0.25, -0.2) is 4.39 Å². The minimum Gasteiger partial charge on any atom is -0.352 e. The monoisotopic (exact) mass is 382 g/mol. The third-order valence-corrected chi connectivity index (χ3v) is 5.93. The van der Waals surface area contributed by atoms with Crippen molar-refractivity contribution in [1.82, 2.24) is 15.1 Å². The summed E-state index contributed by atoms with van der Waals surface area (Å²) < 4.78 is 13.1. The van der Waals surface area contributed by atoms with Crippen LogP contribution in [0.15, 0.2) is 36.4 Å². The fraction of sp³-hybridized carbons (Fsp3) is 0.500. The Hall–Kier alpha value is -2.50. The van der Waals surface area contributed by atoms with Crippen molar-refractivity contribution in [3.63, 3.8) is 0 Å². The average molecular weight is 382 g/mol. The van der Waals surface area contributed by atoms with E-state index in [2.05, 4.69) is 15.1 Å². The lowest BCUT2D eigenvalue weighted by atomic mass is 9.86. The molecule has 28 heavy (non-hydrogen) atoms. The minimum absolute atomic E-state index is 0.260. The number of aromatic nitrogens is 2. The van der Waals surface area contributed by atoms with Crippen molar-refractivity contribution in [3.05, 3.63) is 42.2 Å².